The summed E-state index contributed by atoms with van der Waals surface area (Å²) in [6.45, 7) is 1.92. The molecule has 0 saturated carbocycles. The molecule has 4 rings (SSSR count). The van der Waals surface area contributed by atoms with Gasteiger partial charge in [0.25, 0.3) is 0 Å². The van der Waals surface area contributed by atoms with Crippen LogP contribution >= 0.6 is 0 Å². The van der Waals surface area contributed by atoms with Crippen molar-refractivity contribution < 1.29 is 0 Å². The van der Waals surface area contributed by atoms with Gasteiger partial charge < -0.3 is 5.32 Å². The van der Waals surface area contributed by atoms with Gasteiger partial charge in [-0.25, -0.2) is 9.97 Å². The highest BCUT2D eigenvalue weighted by atomic mass is 15.0. The predicted molar refractivity (Wildman–Crippen MR) is 99.4 cm³/mol. The number of hydrogen-bond donors (Lipinski definition) is 1. The smallest absolute Gasteiger partial charge is 0.142 e. The van der Waals surface area contributed by atoms with Crippen LogP contribution in [0, 0.1) is 6.92 Å². The molecule has 0 saturated heterocycles. The molecular weight excluding hydrogens is 294 g/mol. The van der Waals surface area contributed by atoms with E-state index in [-0.39, 0.29) is 0 Å². The van der Waals surface area contributed by atoms with Crippen molar-refractivity contribution in [2.75, 3.05) is 5.32 Å². The van der Waals surface area contributed by atoms with E-state index in [4.69, 9.17) is 0 Å². The second-order valence-electron chi connectivity index (χ2n) is 5.71. The Morgan fingerprint density at radius 3 is 2.17 bits per heavy atom. The van der Waals surface area contributed by atoms with Crippen molar-refractivity contribution >= 4 is 22.4 Å². The summed E-state index contributed by atoms with van der Waals surface area (Å²) in [5.74, 6) is 1.59. The molecule has 1 heterocycles. The van der Waals surface area contributed by atoms with Gasteiger partial charge in [0, 0.05) is 11.1 Å². The number of rotatable bonds is 3. The van der Waals surface area contributed by atoms with E-state index in [1.807, 2.05) is 55.5 Å². The Kier molecular flexibility index (Phi) is 3.67. The lowest BCUT2D eigenvalue weighted by molar-refractivity contribution is 1.09. The third kappa shape index (κ3) is 2.84. The van der Waals surface area contributed by atoms with Crippen molar-refractivity contribution in [1.82, 2.24) is 9.97 Å². The first kappa shape index (κ1) is 14.4. The number of aromatic nitrogens is 2. The lowest BCUT2D eigenvalue weighted by atomic mass is 10.0. The average molecular weight is 311 g/mol. The molecule has 0 fully saturated rings. The Balaban J connectivity index is 1.81. The molecule has 0 atom stereocenters. The molecule has 3 aromatic carbocycles. The van der Waals surface area contributed by atoms with Gasteiger partial charge in [-0.3, -0.25) is 0 Å². The van der Waals surface area contributed by atoms with Gasteiger partial charge in [0.1, 0.15) is 11.6 Å². The van der Waals surface area contributed by atoms with Crippen LogP contribution in [0.3, 0.4) is 0 Å². The van der Waals surface area contributed by atoms with Crippen LogP contribution in [0.5, 0.6) is 0 Å². The molecular formula is C21H17N3. The molecule has 0 spiro atoms. The van der Waals surface area contributed by atoms with Crippen molar-refractivity contribution in [3.8, 4) is 11.1 Å². The van der Waals surface area contributed by atoms with Gasteiger partial charge in [-0.15, -0.1) is 0 Å². The molecule has 1 N–H and O–H groups in total. The Hall–Kier alpha value is -3.20. The number of para-hydroxylation sites is 1. The highest BCUT2D eigenvalue weighted by Crippen LogP contribution is 2.28. The number of nitrogens with one attached hydrogen (secondary N) is 1. The Labute approximate surface area is 141 Å². The summed E-state index contributed by atoms with van der Waals surface area (Å²) >= 11 is 0. The summed E-state index contributed by atoms with van der Waals surface area (Å²) in [4.78, 5) is 9.19. The lowest BCUT2D eigenvalue weighted by Gasteiger charge is -2.11. The van der Waals surface area contributed by atoms with Gasteiger partial charge in [0.2, 0.25) is 0 Å². The molecule has 3 heteroatoms. The van der Waals surface area contributed by atoms with E-state index in [9.17, 15) is 0 Å². The SMILES string of the molecule is Cc1nc(Nc2ccccc2)c2ccc(-c3ccccc3)cc2n1. The van der Waals surface area contributed by atoms with Gasteiger partial charge in [0.15, 0.2) is 0 Å². The van der Waals surface area contributed by atoms with Crippen LogP contribution in [0.4, 0.5) is 11.5 Å². The van der Waals surface area contributed by atoms with Gasteiger partial charge in [-0.05, 0) is 42.3 Å². The maximum Gasteiger partial charge on any atom is 0.142 e. The van der Waals surface area contributed by atoms with E-state index in [2.05, 4.69) is 45.6 Å². The molecule has 0 radical (unpaired) electrons. The maximum absolute atomic E-state index is 4.61. The third-order valence-electron chi connectivity index (χ3n) is 3.95. The van der Waals surface area contributed by atoms with Gasteiger partial charge >= 0.3 is 0 Å². The molecule has 0 amide bonds. The Morgan fingerprint density at radius 1 is 0.708 bits per heavy atom. The minimum absolute atomic E-state index is 0.756. The first-order chi connectivity index (χ1) is 11.8. The average Bonchev–Trinajstić information content (AvgIpc) is 2.63. The number of anilines is 2. The van der Waals surface area contributed by atoms with Crippen molar-refractivity contribution in [3.05, 3.63) is 84.7 Å². The number of aryl methyl sites for hydroxylation is 1. The molecule has 0 aliphatic rings. The molecule has 0 aliphatic heterocycles. The van der Waals surface area contributed by atoms with E-state index in [0.717, 1.165) is 33.8 Å². The van der Waals surface area contributed by atoms with Crippen molar-refractivity contribution in [2.45, 2.75) is 6.92 Å². The molecule has 4 aromatic rings. The maximum atomic E-state index is 4.61. The summed E-state index contributed by atoms with van der Waals surface area (Å²) in [5, 5.41) is 4.41. The molecule has 116 valence electrons. The van der Waals surface area contributed by atoms with Crippen LogP contribution in [0.1, 0.15) is 5.82 Å². The molecule has 24 heavy (non-hydrogen) atoms. The normalized spacial score (nSPS) is 10.7. The van der Waals surface area contributed by atoms with Crippen molar-refractivity contribution in [2.24, 2.45) is 0 Å². The first-order valence-electron chi connectivity index (χ1n) is 7.95. The summed E-state index contributed by atoms with van der Waals surface area (Å²) < 4.78 is 0. The molecule has 3 nitrogen and oxygen atoms in total. The van der Waals surface area contributed by atoms with E-state index in [1.165, 1.54) is 5.56 Å². The zero-order valence-corrected chi connectivity index (χ0v) is 13.4. The Bertz CT molecular complexity index is 980. The fourth-order valence-corrected chi connectivity index (χ4v) is 2.81. The van der Waals surface area contributed by atoms with Crippen LogP contribution in [0.2, 0.25) is 0 Å². The topological polar surface area (TPSA) is 37.8 Å². The predicted octanol–water partition coefficient (Wildman–Crippen LogP) is 5.35. The third-order valence-corrected chi connectivity index (χ3v) is 3.95. The zero-order chi connectivity index (χ0) is 16.4. The number of fused-ring (bicyclic) bond motifs is 1. The van der Waals surface area contributed by atoms with Crippen molar-refractivity contribution in [1.29, 1.82) is 0 Å². The highest BCUT2D eigenvalue weighted by Gasteiger charge is 2.08. The lowest BCUT2D eigenvalue weighted by Crippen LogP contribution is -1.99. The monoisotopic (exact) mass is 311 g/mol. The van der Waals surface area contributed by atoms with Crippen LogP contribution in [0.25, 0.3) is 22.0 Å². The van der Waals surface area contributed by atoms with Crippen LogP contribution in [-0.4, -0.2) is 9.97 Å². The fourth-order valence-electron chi connectivity index (χ4n) is 2.81. The summed E-state index contributed by atoms with van der Waals surface area (Å²) in [6, 6.07) is 26.7. The van der Waals surface area contributed by atoms with Crippen LogP contribution in [0.15, 0.2) is 78.9 Å². The second kappa shape index (κ2) is 6.13. The number of hydrogen-bond acceptors (Lipinski definition) is 3. The molecule has 0 unspecified atom stereocenters. The minimum Gasteiger partial charge on any atom is -0.340 e. The zero-order valence-electron chi connectivity index (χ0n) is 13.4. The number of nitrogens with zero attached hydrogens (tertiary/aromatic N) is 2. The quantitative estimate of drug-likeness (QED) is 0.554. The van der Waals surface area contributed by atoms with E-state index in [1.54, 1.807) is 0 Å². The minimum atomic E-state index is 0.756. The number of benzene rings is 3. The van der Waals surface area contributed by atoms with E-state index < -0.39 is 0 Å². The van der Waals surface area contributed by atoms with Gasteiger partial charge in [-0.1, -0.05) is 54.6 Å². The van der Waals surface area contributed by atoms with Crippen LogP contribution < -0.4 is 5.32 Å². The highest BCUT2D eigenvalue weighted by molar-refractivity contribution is 5.93. The van der Waals surface area contributed by atoms with Gasteiger partial charge in [-0.2, -0.15) is 0 Å². The summed E-state index contributed by atoms with van der Waals surface area (Å²) in [7, 11) is 0. The molecule has 1 aromatic heterocycles. The van der Waals surface area contributed by atoms with Crippen LogP contribution in [-0.2, 0) is 0 Å². The summed E-state index contributed by atoms with van der Waals surface area (Å²) in [6.07, 6.45) is 0. The first-order valence-corrected chi connectivity index (χ1v) is 7.95. The standard InChI is InChI=1S/C21H17N3/c1-15-22-20-14-17(16-8-4-2-5-9-16)12-13-19(20)21(23-15)24-18-10-6-3-7-11-18/h2-14H,1H3,(H,22,23,24). The van der Waals surface area contributed by atoms with Gasteiger partial charge in [0.05, 0.1) is 5.52 Å². The Morgan fingerprint density at radius 2 is 1.42 bits per heavy atom. The van der Waals surface area contributed by atoms with E-state index in [0.29, 0.717) is 0 Å². The molecule has 0 bridgehead atoms. The molecule has 0 aliphatic carbocycles. The summed E-state index contributed by atoms with van der Waals surface area (Å²) in [5.41, 5.74) is 4.31. The van der Waals surface area contributed by atoms with E-state index >= 15 is 0 Å². The fraction of sp³-hybridized carbons (Fsp3) is 0.0476. The second-order valence-corrected chi connectivity index (χ2v) is 5.71. The van der Waals surface area contributed by atoms with Crippen molar-refractivity contribution in [3.63, 3.8) is 0 Å². The largest absolute Gasteiger partial charge is 0.340 e.